The van der Waals surface area contributed by atoms with Crippen LogP contribution in [-0.4, -0.2) is 37.6 Å². The Bertz CT molecular complexity index is 778. The Morgan fingerprint density at radius 3 is 2.73 bits per heavy atom. The molecule has 1 fully saturated rings. The van der Waals surface area contributed by atoms with Gasteiger partial charge in [0.1, 0.15) is 11.6 Å². The lowest BCUT2D eigenvalue weighted by Crippen LogP contribution is -2.37. The molecule has 1 aliphatic rings. The number of amides is 1. The van der Waals surface area contributed by atoms with Crippen LogP contribution in [0.4, 0.5) is 4.39 Å². The fraction of sp³-hybridized carbons (Fsp3) is 0.350. The lowest BCUT2D eigenvalue weighted by molar-refractivity contribution is 0.0934. The Balaban J connectivity index is 1.76. The van der Waals surface area contributed by atoms with E-state index < -0.39 is 11.7 Å². The molecule has 0 radical (unpaired) electrons. The number of hydrogen-bond acceptors (Lipinski definition) is 3. The molecule has 1 N–H and O–H groups in total. The van der Waals surface area contributed by atoms with Crippen LogP contribution in [-0.2, 0) is 0 Å². The van der Waals surface area contributed by atoms with Gasteiger partial charge in [-0.15, -0.1) is 0 Å². The Kier molecular flexibility index (Phi) is 6.12. The van der Waals surface area contributed by atoms with E-state index >= 15 is 0 Å². The van der Waals surface area contributed by atoms with Gasteiger partial charge in [-0.05, 0) is 61.8 Å². The van der Waals surface area contributed by atoms with Gasteiger partial charge in [-0.2, -0.15) is 0 Å². The molecule has 0 bridgehead atoms. The van der Waals surface area contributed by atoms with Gasteiger partial charge in [0, 0.05) is 11.6 Å². The molecular weight excluding hydrogens is 355 g/mol. The molecule has 3 rings (SSSR count). The monoisotopic (exact) mass is 376 g/mol. The van der Waals surface area contributed by atoms with Gasteiger partial charge < -0.3 is 10.1 Å². The number of ether oxygens (including phenoxy) is 1. The van der Waals surface area contributed by atoms with Crippen molar-refractivity contribution in [3.63, 3.8) is 0 Å². The predicted molar refractivity (Wildman–Crippen MR) is 100 cm³/mol. The molecule has 1 unspecified atom stereocenters. The summed E-state index contributed by atoms with van der Waals surface area (Å²) in [7, 11) is 1.63. The van der Waals surface area contributed by atoms with Crippen LogP contribution < -0.4 is 10.1 Å². The smallest absolute Gasteiger partial charge is 0.254 e. The number of rotatable bonds is 6. The molecule has 138 valence electrons. The highest BCUT2D eigenvalue weighted by molar-refractivity contribution is 6.30. The van der Waals surface area contributed by atoms with Gasteiger partial charge >= 0.3 is 0 Å². The first kappa shape index (κ1) is 18.7. The summed E-state index contributed by atoms with van der Waals surface area (Å²) >= 11 is 5.75. The highest BCUT2D eigenvalue weighted by Crippen LogP contribution is 2.27. The fourth-order valence-corrected chi connectivity index (χ4v) is 3.48. The highest BCUT2D eigenvalue weighted by atomic mass is 35.5. The van der Waals surface area contributed by atoms with Crippen molar-refractivity contribution in [3.8, 4) is 5.75 Å². The lowest BCUT2D eigenvalue weighted by atomic mass is 10.0. The zero-order valence-electron chi connectivity index (χ0n) is 14.7. The van der Waals surface area contributed by atoms with E-state index in [1.807, 2.05) is 24.3 Å². The van der Waals surface area contributed by atoms with Crippen molar-refractivity contribution in [2.45, 2.75) is 18.9 Å². The van der Waals surface area contributed by atoms with Crippen molar-refractivity contribution in [2.24, 2.45) is 0 Å². The van der Waals surface area contributed by atoms with E-state index in [-0.39, 0.29) is 16.6 Å². The van der Waals surface area contributed by atoms with E-state index in [1.165, 1.54) is 12.1 Å². The molecule has 0 aromatic heterocycles. The van der Waals surface area contributed by atoms with Gasteiger partial charge in [-0.3, -0.25) is 9.69 Å². The van der Waals surface area contributed by atoms with Crippen molar-refractivity contribution in [2.75, 3.05) is 26.7 Å². The van der Waals surface area contributed by atoms with E-state index in [9.17, 15) is 9.18 Å². The molecule has 1 saturated heterocycles. The molecule has 1 aliphatic heterocycles. The maximum absolute atomic E-state index is 14.0. The zero-order chi connectivity index (χ0) is 18.5. The van der Waals surface area contributed by atoms with E-state index in [2.05, 4.69) is 10.2 Å². The Labute approximate surface area is 157 Å². The highest BCUT2D eigenvalue weighted by Gasteiger charge is 2.25. The van der Waals surface area contributed by atoms with Crippen LogP contribution in [0, 0.1) is 5.82 Å². The SMILES string of the molecule is COc1cccc(C(CNC(=O)c2ccc(Cl)cc2F)N2CCCC2)c1. The number of halogens is 2. The van der Waals surface area contributed by atoms with Crippen LogP contribution in [0.1, 0.15) is 34.8 Å². The summed E-state index contributed by atoms with van der Waals surface area (Å²) in [5.41, 5.74) is 1.07. The maximum atomic E-state index is 14.0. The van der Waals surface area contributed by atoms with Crippen LogP contribution in [0.15, 0.2) is 42.5 Å². The molecule has 26 heavy (non-hydrogen) atoms. The van der Waals surface area contributed by atoms with Crippen LogP contribution >= 0.6 is 11.6 Å². The molecular formula is C20H22ClFN2O2. The van der Waals surface area contributed by atoms with Gasteiger partial charge in [-0.1, -0.05) is 23.7 Å². The third kappa shape index (κ3) is 4.34. The van der Waals surface area contributed by atoms with Gasteiger partial charge in [0.05, 0.1) is 18.7 Å². The minimum atomic E-state index is -0.617. The van der Waals surface area contributed by atoms with Crippen molar-refractivity contribution in [3.05, 3.63) is 64.4 Å². The van der Waals surface area contributed by atoms with Crippen molar-refractivity contribution in [1.82, 2.24) is 10.2 Å². The third-order valence-corrected chi connectivity index (χ3v) is 4.93. The molecule has 0 spiro atoms. The zero-order valence-corrected chi connectivity index (χ0v) is 15.4. The first-order chi connectivity index (χ1) is 12.6. The van der Waals surface area contributed by atoms with E-state index in [0.717, 1.165) is 43.3 Å². The minimum Gasteiger partial charge on any atom is -0.497 e. The standard InChI is InChI=1S/C20H22ClFN2O2/c1-26-16-6-4-5-14(11-16)19(24-9-2-3-10-24)13-23-20(25)17-8-7-15(21)12-18(17)22/h4-8,11-12,19H,2-3,9-10,13H2,1H3,(H,23,25). The summed E-state index contributed by atoms with van der Waals surface area (Å²) in [4.78, 5) is 14.8. The average Bonchev–Trinajstić information content (AvgIpc) is 3.16. The van der Waals surface area contributed by atoms with Gasteiger partial charge in [0.2, 0.25) is 0 Å². The van der Waals surface area contributed by atoms with Gasteiger partial charge in [-0.25, -0.2) is 4.39 Å². The van der Waals surface area contributed by atoms with Crippen molar-refractivity contribution in [1.29, 1.82) is 0 Å². The van der Waals surface area contributed by atoms with Crippen molar-refractivity contribution < 1.29 is 13.9 Å². The molecule has 4 nitrogen and oxygen atoms in total. The van der Waals surface area contributed by atoms with E-state index in [1.54, 1.807) is 7.11 Å². The number of benzene rings is 2. The molecule has 0 saturated carbocycles. The average molecular weight is 377 g/mol. The van der Waals surface area contributed by atoms with E-state index in [0.29, 0.717) is 6.54 Å². The summed E-state index contributed by atoms with van der Waals surface area (Å²) in [6, 6.07) is 11.9. The molecule has 1 amide bonds. The number of carbonyl (C=O) groups excluding carboxylic acids is 1. The normalized spacial score (nSPS) is 15.7. The van der Waals surface area contributed by atoms with Crippen molar-refractivity contribution >= 4 is 17.5 Å². The van der Waals surface area contributed by atoms with Crippen LogP contribution in [0.5, 0.6) is 5.75 Å². The molecule has 2 aromatic rings. The lowest BCUT2D eigenvalue weighted by Gasteiger charge is -2.28. The number of nitrogens with one attached hydrogen (secondary N) is 1. The Morgan fingerprint density at radius 2 is 2.04 bits per heavy atom. The summed E-state index contributed by atoms with van der Waals surface area (Å²) in [5, 5.41) is 3.14. The first-order valence-corrected chi connectivity index (χ1v) is 9.07. The topological polar surface area (TPSA) is 41.6 Å². The molecule has 1 heterocycles. The Morgan fingerprint density at radius 1 is 1.27 bits per heavy atom. The Hall–Kier alpha value is -2.11. The number of carbonyl (C=O) groups is 1. The molecule has 6 heteroatoms. The fourth-order valence-electron chi connectivity index (χ4n) is 3.32. The molecule has 0 aliphatic carbocycles. The summed E-state index contributed by atoms with van der Waals surface area (Å²) in [6.07, 6.45) is 2.28. The second-order valence-electron chi connectivity index (χ2n) is 6.37. The minimum absolute atomic E-state index is 0.000198. The number of methoxy groups -OCH3 is 1. The summed E-state index contributed by atoms with van der Waals surface area (Å²) in [5.74, 6) is -0.276. The number of hydrogen-bond donors (Lipinski definition) is 1. The second-order valence-corrected chi connectivity index (χ2v) is 6.81. The maximum Gasteiger partial charge on any atom is 0.254 e. The third-order valence-electron chi connectivity index (χ3n) is 4.69. The second kappa shape index (κ2) is 8.52. The predicted octanol–water partition coefficient (Wildman–Crippen LogP) is 4.05. The summed E-state index contributed by atoms with van der Waals surface area (Å²) in [6.45, 7) is 2.36. The molecule has 2 aromatic carbocycles. The summed E-state index contributed by atoms with van der Waals surface area (Å²) < 4.78 is 19.3. The first-order valence-electron chi connectivity index (χ1n) is 8.69. The van der Waals surface area contributed by atoms with Crippen LogP contribution in [0.2, 0.25) is 5.02 Å². The molecule has 1 atom stereocenters. The van der Waals surface area contributed by atoms with Gasteiger partial charge in [0.25, 0.3) is 5.91 Å². The van der Waals surface area contributed by atoms with Crippen LogP contribution in [0.3, 0.4) is 0 Å². The number of likely N-dealkylation sites (tertiary alicyclic amines) is 1. The van der Waals surface area contributed by atoms with E-state index in [4.69, 9.17) is 16.3 Å². The largest absolute Gasteiger partial charge is 0.497 e. The van der Waals surface area contributed by atoms with Gasteiger partial charge in [0.15, 0.2) is 0 Å². The number of nitrogens with zero attached hydrogens (tertiary/aromatic N) is 1. The quantitative estimate of drug-likeness (QED) is 0.826. The van der Waals surface area contributed by atoms with Crippen LogP contribution in [0.25, 0.3) is 0 Å².